The summed E-state index contributed by atoms with van der Waals surface area (Å²) in [4.78, 5) is 52.3. The molecule has 0 aromatic heterocycles. The topological polar surface area (TPSA) is 80.8 Å². The van der Waals surface area contributed by atoms with E-state index in [0.717, 1.165) is 16.9 Å². The standard InChI is InChI=1S/C23H25NO5/c1-12(2)20(23(28)29-11-17(25)14-6-4-13(3)5-7-14)24-21(26)18-15-8-9-16(10-15)19(18)22(24)27/h4-9,12,15-16,18-20H,10-11H2,1-3H3/t15-,16+,18+,19-,20-/m1/s1. The summed E-state index contributed by atoms with van der Waals surface area (Å²) in [5.74, 6) is -2.45. The van der Waals surface area contributed by atoms with Crippen LogP contribution in [-0.2, 0) is 19.1 Å². The van der Waals surface area contributed by atoms with Gasteiger partial charge in [0, 0.05) is 5.56 Å². The molecule has 6 nitrogen and oxygen atoms in total. The number of rotatable bonds is 6. The van der Waals surface area contributed by atoms with Gasteiger partial charge in [0.25, 0.3) is 0 Å². The Morgan fingerprint density at radius 3 is 2.10 bits per heavy atom. The Labute approximate surface area is 169 Å². The number of ketones is 1. The van der Waals surface area contributed by atoms with E-state index >= 15 is 0 Å². The van der Waals surface area contributed by atoms with Gasteiger partial charge in [0.2, 0.25) is 11.8 Å². The number of esters is 1. The van der Waals surface area contributed by atoms with Crippen molar-refractivity contribution in [1.29, 1.82) is 0 Å². The fraction of sp³-hybridized carbons (Fsp3) is 0.478. The summed E-state index contributed by atoms with van der Waals surface area (Å²) in [6.45, 7) is 5.05. The highest BCUT2D eigenvalue weighted by Crippen LogP contribution is 2.53. The van der Waals surface area contributed by atoms with Crippen LogP contribution in [0.5, 0.6) is 0 Å². The Kier molecular flexibility index (Phi) is 4.89. The van der Waals surface area contributed by atoms with Gasteiger partial charge in [-0.15, -0.1) is 0 Å². The van der Waals surface area contributed by atoms with Crippen molar-refractivity contribution < 1.29 is 23.9 Å². The Balaban J connectivity index is 1.47. The minimum Gasteiger partial charge on any atom is -0.456 e. The van der Waals surface area contributed by atoms with Crippen LogP contribution in [0, 0.1) is 36.5 Å². The smallest absolute Gasteiger partial charge is 0.330 e. The number of hydrogen-bond acceptors (Lipinski definition) is 5. The number of nitrogens with zero attached hydrogens (tertiary/aromatic N) is 1. The second-order valence-electron chi connectivity index (χ2n) is 8.63. The number of imide groups is 1. The number of fused-ring (bicyclic) bond motifs is 5. The number of likely N-dealkylation sites (tertiary alicyclic amines) is 1. The van der Waals surface area contributed by atoms with Gasteiger partial charge < -0.3 is 4.74 Å². The highest BCUT2D eigenvalue weighted by molar-refractivity contribution is 6.09. The van der Waals surface area contributed by atoms with Crippen molar-refractivity contribution >= 4 is 23.6 Å². The number of ether oxygens (including phenoxy) is 1. The van der Waals surface area contributed by atoms with Gasteiger partial charge in [0.15, 0.2) is 12.4 Å². The van der Waals surface area contributed by atoms with Crippen LogP contribution in [0.3, 0.4) is 0 Å². The van der Waals surface area contributed by atoms with Gasteiger partial charge in [-0.3, -0.25) is 19.3 Å². The van der Waals surface area contributed by atoms with Crippen LogP contribution in [0.4, 0.5) is 0 Å². The fourth-order valence-corrected chi connectivity index (χ4v) is 4.92. The van der Waals surface area contributed by atoms with Gasteiger partial charge in [0.05, 0.1) is 11.8 Å². The molecule has 2 fully saturated rings. The summed E-state index contributed by atoms with van der Waals surface area (Å²) in [5.41, 5.74) is 1.48. The predicted octanol–water partition coefficient (Wildman–Crippen LogP) is 2.55. The van der Waals surface area contributed by atoms with E-state index in [1.807, 2.05) is 31.2 Å². The van der Waals surface area contributed by atoms with Crippen molar-refractivity contribution in [2.75, 3.05) is 6.61 Å². The van der Waals surface area contributed by atoms with E-state index in [9.17, 15) is 19.2 Å². The molecular formula is C23H25NO5. The monoisotopic (exact) mass is 395 g/mol. The van der Waals surface area contributed by atoms with Crippen LogP contribution in [0.2, 0.25) is 0 Å². The first-order valence-corrected chi connectivity index (χ1v) is 10.1. The molecule has 1 saturated carbocycles. The van der Waals surface area contributed by atoms with Crippen molar-refractivity contribution in [2.24, 2.45) is 29.6 Å². The van der Waals surface area contributed by atoms with Crippen molar-refractivity contribution in [3.63, 3.8) is 0 Å². The van der Waals surface area contributed by atoms with Crippen molar-refractivity contribution in [3.05, 3.63) is 47.5 Å². The van der Waals surface area contributed by atoms with Crippen molar-refractivity contribution in [1.82, 2.24) is 4.90 Å². The second-order valence-corrected chi connectivity index (χ2v) is 8.63. The maximum atomic E-state index is 13.0. The van der Waals surface area contributed by atoms with Crippen LogP contribution in [0.25, 0.3) is 0 Å². The SMILES string of the molecule is Cc1ccc(C(=O)COC(=O)[C@@H](C(C)C)N2C(=O)[C@@H]3[C@H](C2=O)[C@H]2C=C[C@@H]3C2)cc1. The quantitative estimate of drug-likeness (QED) is 0.320. The Morgan fingerprint density at radius 2 is 1.59 bits per heavy atom. The Morgan fingerprint density at radius 1 is 1.03 bits per heavy atom. The normalized spacial score (nSPS) is 28.2. The first kappa shape index (κ1) is 19.6. The number of benzene rings is 1. The molecule has 0 radical (unpaired) electrons. The molecule has 6 heteroatoms. The molecule has 1 heterocycles. The molecule has 1 aliphatic heterocycles. The summed E-state index contributed by atoms with van der Waals surface area (Å²) >= 11 is 0. The molecule has 1 saturated heterocycles. The molecule has 0 N–H and O–H groups in total. The molecule has 3 aliphatic rings. The largest absolute Gasteiger partial charge is 0.456 e. The molecule has 4 rings (SSSR count). The van der Waals surface area contributed by atoms with Crippen molar-refractivity contribution in [2.45, 2.75) is 33.2 Å². The fourth-order valence-electron chi connectivity index (χ4n) is 4.92. The van der Waals surface area contributed by atoms with E-state index in [0.29, 0.717) is 5.56 Å². The van der Waals surface area contributed by atoms with Gasteiger partial charge in [-0.05, 0) is 31.1 Å². The lowest BCUT2D eigenvalue weighted by atomic mass is 9.85. The first-order chi connectivity index (χ1) is 13.8. The number of Topliss-reactive ketones (excluding diaryl/α,β-unsaturated/α-hetero) is 1. The average molecular weight is 395 g/mol. The van der Waals surface area contributed by atoms with Gasteiger partial charge in [-0.2, -0.15) is 0 Å². The number of hydrogen-bond donors (Lipinski definition) is 0. The maximum absolute atomic E-state index is 13.0. The molecule has 152 valence electrons. The highest BCUT2D eigenvalue weighted by Gasteiger charge is 2.61. The van der Waals surface area contributed by atoms with Crippen LogP contribution in [0.1, 0.15) is 36.2 Å². The third kappa shape index (κ3) is 3.20. The molecule has 0 spiro atoms. The van der Waals surface area contributed by atoms with Crippen LogP contribution < -0.4 is 0 Å². The lowest BCUT2D eigenvalue weighted by Gasteiger charge is -2.28. The highest BCUT2D eigenvalue weighted by atomic mass is 16.5. The lowest BCUT2D eigenvalue weighted by Crippen LogP contribution is -2.50. The molecule has 2 aliphatic carbocycles. The number of allylic oxidation sites excluding steroid dienone is 2. The molecule has 2 bridgehead atoms. The van der Waals surface area contributed by atoms with E-state index in [1.165, 1.54) is 0 Å². The third-order valence-corrected chi connectivity index (χ3v) is 6.37. The summed E-state index contributed by atoms with van der Waals surface area (Å²) in [6.07, 6.45) is 4.87. The van der Waals surface area contributed by atoms with Crippen LogP contribution in [-0.4, -0.2) is 41.1 Å². The molecule has 0 unspecified atom stereocenters. The molecule has 5 atom stereocenters. The Bertz CT molecular complexity index is 870. The zero-order chi connectivity index (χ0) is 20.9. The van der Waals surface area contributed by atoms with E-state index in [1.54, 1.807) is 26.0 Å². The maximum Gasteiger partial charge on any atom is 0.330 e. The molecule has 1 aromatic rings. The number of aryl methyl sites for hydroxylation is 1. The van der Waals surface area contributed by atoms with Gasteiger partial charge in [-0.25, -0.2) is 4.79 Å². The Hall–Kier alpha value is -2.76. The summed E-state index contributed by atoms with van der Waals surface area (Å²) in [6, 6.07) is 5.99. The van der Waals surface area contributed by atoms with Crippen LogP contribution in [0.15, 0.2) is 36.4 Å². The summed E-state index contributed by atoms with van der Waals surface area (Å²) in [5, 5.41) is 0. The first-order valence-electron chi connectivity index (χ1n) is 10.1. The molecule has 29 heavy (non-hydrogen) atoms. The van der Waals surface area contributed by atoms with E-state index in [4.69, 9.17) is 4.74 Å². The summed E-state index contributed by atoms with van der Waals surface area (Å²) < 4.78 is 5.26. The zero-order valence-corrected chi connectivity index (χ0v) is 16.8. The number of carbonyl (C=O) groups is 4. The molecule has 1 aromatic carbocycles. The molecular weight excluding hydrogens is 370 g/mol. The summed E-state index contributed by atoms with van der Waals surface area (Å²) in [7, 11) is 0. The van der Waals surface area contributed by atoms with Crippen molar-refractivity contribution in [3.8, 4) is 0 Å². The predicted molar refractivity (Wildman–Crippen MR) is 105 cm³/mol. The van der Waals surface area contributed by atoms with Crippen LogP contribution >= 0.6 is 0 Å². The average Bonchev–Trinajstić information content (AvgIpc) is 3.36. The third-order valence-electron chi connectivity index (χ3n) is 6.37. The minimum atomic E-state index is -1.01. The van der Waals surface area contributed by atoms with Gasteiger partial charge in [-0.1, -0.05) is 55.8 Å². The second kappa shape index (κ2) is 7.25. The van der Waals surface area contributed by atoms with Gasteiger partial charge in [0.1, 0.15) is 6.04 Å². The van der Waals surface area contributed by atoms with E-state index in [-0.39, 0.29) is 47.2 Å². The van der Waals surface area contributed by atoms with E-state index in [2.05, 4.69) is 0 Å². The number of carbonyl (C=O) groups excluding carboxylic acids is 4. The molecule has 2 amide bonds. The minimum absolute atomic E-state index is 0.0818. The number of amides is 2. The van der Waals surface area contributed by atoms with Gasteiger partial charge >= 0.3 is 5.97 Å². The zero-order valence-electron chi connectivity index (χ0n) is 16.8. The van der Waals surface area contributed by atoms with E-state index < -0.39 is 18.6 Å². The lowest BCUT2D eigenvalue weighted by molar-refractivity contribution is -0.160.